The van der Waals surface area contributed by atoms with E-state index in [0.29, 0.717) is 0 Å². The smallest absolute Gasteiger partial charge is 0.237 e. The van der Waals surface area contributed by atoms with Crippen molar-refractivity contribution < 1.29 is 4.79 Å². The molecule has 0 heterocycles. The van der Waals surface area contributed by atoms with Crippen LogP contribution in [0.25, 0.3) is 0 Å². The Morgan fingerprint density at radius 1 is 1.04 bits per heavy atom. The number of amides is 1. The van der Waals surface area contributed by atoms with Gasteiger partial charge in [-0.1, -0.05) is 55.8 Å². The van der Waals surface area contributed by atoms with Crippen LogP contribution in [0.2, 0.25) is 0 Å². The van der Waals surface area contributed by atoms with Crippen molar-refractivity contribution in [3.8, 4) is 0 Å². The number of benzene rings is 2. The third-order valence-electron chi connectivity index (χ3n) is 3.75. The van der Waals surface area contributed by atoms with Gasteiger partial charge in [-0.25, -0.2) is 0 Å². The molecular formula is C20H25NOS. The number of nitrogens with one attached hydrogen (secondary N) is 1. The second kappa shape index (κ2) is 9.41. The molecule has 1 N–H and O–H groups in total. The highest BCUT2D eigenvalue weighted by Crippen LogP contribution is 2.19. The van der Waals surface area contributed by atoms with Crippen LogP contribution in [0.15, 0.2) is 54.6 Å². The summed E-state index contributed by atoms with van der Waals surface area (Å²) in [5, 5.41) is 2.93. The number of carbonyl (C=O) groups is 1. The molecule has 1 amide bonds. The van der Waals surface area contributed by atoms with E-state index in [-0.39, 0.29) is 11.2 Å². The molecule has 0 aliphatic rings. The van der Waals surface area contributed by atoms with Crippen LogP contribution in [0.5, 0.6) is 0 Å². The van der Waals surface area contributed by atoms with Crippen molar-refractivity contribution in [3.05, 3.63) is 65.7 Å². The Bertz CT molecular complexity index is 595. The minimum atomic E-state index is -0.0741. The number of thioether (sulfide) groups is 1. The first kappa shape index (κ1) is 17.6. The fraction of sp³-hybridized carbons (Fsp3) is 0.350. The van der Waals surface area contributed by atoms with E-state index < -0.39 is 0 Å². The molecule has 0 saturated heterocycles. The fourth-order valence-corrected chi connectivity index (χ4v) is 3.10. The summed E-state index contributed by atoms with van der Waals surface area (Å²) in [5.41, 5.74) is 3.45. The summed E-state index contributed by atoms with van der Waals surface area (Å²) in [6.45, 7) is 4.15. The van der Waals surface area contributed by atoms with Gasteiger partial charge in [0, 0.05) is 11.4 Å². The third-order valence-corrected chi connectivity index (χ3v) is 4.97. The summed E-state index contributed by atoms with van der Waals surface area (Å²) >= 11 is 1.66. The van der Waals surface area contributed by atoms with Gasteiger partial charge in [-0.05, 0) is 43.0 Å². The number of hydrogen-bond acceptors (Lipinski definition) is 2. The van der Waals surface area contributed by atoms with Crippen molar-refractivity contribution in [2.45, 2.75) is 44.1 Å². The van der Waals surface area contributed by atoms with Gasteiger partial charge >= 0.3 is 0 Å². The van der Waals surface area contributed by atoms with E-state index in [0.717, 1.165) is 17.9 Å². The van der Waals surface area contributed by atoms with E-state index in [1.54, 1.807) is 11.8 Å². The molecule has 122 valence electrons. The molecule has 3 heteroatoms. The first-order valence-corrected chi connectivity index (χ1v) is 9.29. The van der Waals surface area contributed by atoms with Crippen molar-refractivity contribution in [1.29, 1.82) is 0 Å². The first-order chi connectivity index (χ1) is 11.2. The Morgan fingerprint density at radius 2 is 1.74 bits per heavy atom. The normalized spacial score (nSPS) is 11.9. The van der Waals surface area contributed by atoms with Gasteiger partial charge in [-0.3, -0.25) is 4.79 Å². The Hall–Kier alpha value is -1.74. The van der Waals surface area contributed by atoms with Crippen LogP contribution in [0, 0.1) is 0 Å². The number of carbonyl (C=O) groups excluding carboxylic acids is 1. The quantitative estimate of drug-likeness (QED) is 0.714. The molecule has 0 aliphatic carbocycles. The van der Waals surface area contributed by atoms with Crippen molar-refractivity contribution >= 4 is 23.4 Å². The highest BCUT2D eigenvalue weighted by Gasteiger charge is 2.13. The molecule has 0 aromatic heterocycles. The lowest BCUT2D eigenvalue weighted by Gasteiger charge is -2.12. The van der Waals surface area contributed by atoms with Gasteiger partial charge in [0.05, 0.1) is 5.25 Å². The van der Waals surface area contributed by atoms with E-state index in [1.807, 2.05) is 37.3 Å². The third kappa shape index (κ3) is 6.11. The van der Waals surface area contributed by atoms with E-state index in [9.17, 15) is 4.79 Å². The zero-order valence-corrected chi connectivity index (χ0v) is 14.7. The van der Waals surface area contributed by atoms with Gasteiger partial charge in [-0.2, -0.15) is 0 Å². The molecule has 0 fully saturated rings. The van der Waals surface area contributed by atoms with Crippen LogP contribution in [0.3, 0.4) is 0 Å². The standard InChI is InChI=1S/C20H25NOS/c1-3-4-8-17-11-13-19(14-12-17)21-20(22)16(2)23-15-18-9-6-5-7-10-18/h5-7,9-14,16H,3-4,8,15H2,1-2H3,(H,21,22)/t16-/m1/s1. The minimum absolute atomic E-state index is 0.0623. The highest BCUT2D eigenvalue weighted by molar-refractivity contribution is 7.99. The van der Waals surface area contributed by atoms with Crippen LogP contribution in [-0.4, -0.2) is 11.2 Å². The van der Waals surface area contributed by atoms with Crippen LogP contribution < -0.4 is 5.32 Å². The summed E-state index contributed by atoms with van der Waals surface area (Å²) in [7, 11) is 0. The van der Waals surface area contributed by atoms with Gasteiger partial charge in [-0.15, -0.1) is 11.8 Å². The van der Waals surface area contributed by atoms with Crippen LogP contribution >= 0.6 is 11.8 Å². The van der Waals surface area contributed by atoms with E-state index in [2.05, 4.69) is 36.5 Å². The monoisotopic (exact) mass is 327 g/mol. The van der Waals surface area contributed by atoms with Gasteiger partial charge in [0.2, 0.25) is 5.91 Å². The van der Waals surface area contributed by atoms with Crippen LogP contribution in [-0.2, 0) is 17.0 Å². The lowest BCUT2D eigenvalue weighted by molar-refractivity contribution is -0.115. The van der Waals surface area contributed by atoms with E-state index >= 15 is 0 Å². The van der Waals surface area contributed by atoms with Gasteiger partial charge in [0.15, 0.2) is 0 Å². The zero-order valence-electron chi connectivity index (χ0n) is 13.9. The largest absolute Gasteiger partial charge is 0.325 e. The molecular weight excluding hydrogens is 302 g/mol. The Labute approximate surface area is 143 Å². The highest BCUT2D eigenvalue weighted by atomic mass is 32.2. The van der Waals surface area contributed by atoms with Gasteiger partial charge in [0.1, 0.15) is 0 Å². The molecule has 1 atom stereocenters. The fourth-order valence-electron chi connectivity index (χ4n) is 2.25. The molecule has 0 bridgehead atoms. The summed E-state index contributed by atoms with van der Waals surface area (Å²) in [6, 6.07) is 18.4. The SMILES string of the molecule is CCCCc1ccc(NC(=O)[C@@H](C)SCc2ccccc2)cc1. The van der Waals surface area contributed by atoms with Crippen molar-refractivity contribution in [3.63, 3.8) is 0 Å². The van der Waals surface area contributed by atoms with E-state index in [4.69, 9.17) is 0 Å². The van der Waals surface area contributed by atoms with Crippen molar-refractivity contribution in [2.24, 2.45) is 0 Å². The lowest BCUT2D eigenvalue weighted by Crippen LogP contribution is -2.22. The topological polar surface area (TPSA) is 29.1 Å². The van der Waals surface area contributed by atoms with Crippen molar-refractivity contribution in [2.75, 3.05) is 5.32 Å². The Morgan fingerprint density at radius 3 is 2.39 bits per heavy atom. The molecule has 0 saturated carbocycles. The van der Waals surface area contributed by atoms with Crippen molar-refractivity contribution in [1.82, 2.24) is 0 Å². The number of rotatable bonds is 8. The second-order valence-corrected chi connectivity index (χ2v) is 7.06. The maximum absolute atomic E-state index is 12.3. The number of aryl methyl sites for hydroxylation is 1. The molecule has 0 aliphatic heterocycles. The zero-order chi connectivity index (χ0) is 16.5. The predicted molar refractivity (Wildman–Crippen MR) is 101 cm³/mol. The maximum atomic E-state index is 12.3. The van der Waals surface area contributed by atoms with Crippen LogP contribution in [0.4, 0.5) is 5.69 Å². The summed E-state index contributed by atoms with van der Waals surface area (Å²) in [6.07, 6.45) is 3.52. The Balaban J connectivity index is 1.81. The predicted octanol–water partition coefficient (Wildman–Crippen LogP) is 5.29. The molecule has 0 spiro atoms. The number of hydrogen-bond donors (Lipinski definition) is 1. The second-order valence-electron chi connectivity index (χ2n) is 5.73. The van der Waals surface area contributed by atoms with Crippen LogP contribution in [0.1, 0.15) is 37.8 Å². The molecule has 0 radical (unpaired) electrons. The summed E-state index contributed by atoms with van der Waals surface area (Å²) in [5.74, 6) is 0.915. The van der Waals surface area contributed by atoms with Gasteiger partial charge in [0.25, 0.3) is 0 Å². The molecule has 2 rings (SSSR count). The Kier molecular flexibility index (Phi) is 7.21. The molecule has 2 aromatic carbocycles. The molecule has 0 unspecified atom stereocenters. The average Bonchev–Trinajstić information content (AvgIpc) is 2.60. The first-order valence-electron chi connectivity index (χ1n) is 8.24. The minimum Gasteiger partial charge on any atom is -0.325 e. The molecule has 2 nitrogen and oxygen atoms in total. The summed E-state index contributed by atoms with van der Waals surface area (Å²) < 4.78 is 0. The number of anilines is 1. The molecule has 2 aromatic rings. The lowest BCUT2D eigenvalue weighted by atomic mass is 10.1. The summed E-state index contributed by atoms with van der Waals surface area (Å²) in [4.78, 5) is 12.3. The molecule has 23 heavy (non-hydrogen) atoms. The maximum Gasteiger partial charge on any atom is 0.237 e. The van der Waals surface area contributed by atoms with Gasteiger partial charge < -0.3 is 5.32 Å². The van der Waals surface area contributed by atoms with E-state index in [1.165, 1.54) is 24.0 Å². The number of unbranched alkanes of at least 4 members (excludes halogenated alkanes) is 1. The average molecular weight is 327 g/mol.